The van der Waals surface area contributed by atoms with Gasteiger partial charge in [0.15, 0.2) is 5.82 Å². The van der Waals surface area contributed by atoms with E-state index in [9.17, 15) is 13.6 Å². The topological polar surface area (TPSA) is 102 Å². The summed E-state index contributed by atoms with van der Waals surface area (Å²) in [6.07, 6.45) is 6.17. The van der Waals surface area contributed by atoms with Crippen molar-refractivity contribution in [2.24, 2.45) is 13.0 Å². The second-order valence-corrected chi connectivity index (χ2v) is 7.87. The van der Waals surface area contributed by atoms with Crippen LogP contribution in [0.5, 0.6) is 0 Å². The zero-order valence-corrected chi connectivity index (χ0v) is 17.3. The molecule has 2 aromatic heterocycles. The van der Waals surface area contributed by atoms with Gasteiger partial charge < -0.3 is 10.2 Å². The number of anilines is 2. The number of aromatic nitrogens is 6. The SMILES string of the molecule is Cn1nnc(N2CCC(C3CC3)=C(c3cnc(NC(=O)c4c(F)cccc4F)cn3)C2)n1. The lowest BCUT2D eigenvalue weighted by Crippen LogP contribution is -2.33. The first-order chi connectivity index (χ1) is 15.5. The Morgan fingerprint density at radius 1 is 1.16 bits per heavy atom. The lowest BCUT2D eigenvalue weighted by molar-refractivity contribution is 0.101. The number of aryl methyl sites for hydroxylation is 1. The number of nitrogens with zero attached hydrogens (tertiary/aromatic N) is 7. The number of amides is 1. The molecule has 1 N–H and O–H groups in total. The summed E-state index contributed by atoms with van der Waals surface area (Å²) in [6, 6.07) is 3.25. The van der Waals surface area contributed by atoms with E-state index in [1.165, 1.54) is 22.6 Å². The van der Waals surface area contributed by atoms with Gasteiger partial charge in [-0.25, -0.2) is 13.8 Å². The molecule has 0 atom stereocenters. The molecule has 1 aromatic carbocycles. The Bertz CT molecular complexity index is 1180. The minimum absolute atomic E-state index is 0.109. The minimum atomic E-state index is -0.939. The van der Waals surface area contributed by atoms with E-state index in [2.05, 4.69) is 30.7 Å². The summed E-state index contributed by atoms with van der Waals surface area (Å²) >= 11 is 0. The maximum absolute atomic E-state index is 13.8. The number of halogens is 2. The van der Waals surface area contributed by atoms with Crippen molar-refractivity contribution in [1.82, 2.24) is 30.2 Å². The molecule has 5 rings (SSSR count). The Hall–Kier alpha value is -3.76. The Morgan fingerprint density at radius 3 is 2.56 bits per heavy atom. The highest BCUT2D eigenvalue weighted by Crippen LogP contribution is 2.43. The van der Waals surface area contributed by atoms with Gasteiger partial charge in [-0.1, -0.05) is 16.7 Å². The molecule has 32 heavy (non-hydrogen) atoms. The summed E-state index contributed by atoms with van der Waals surface area (Å²) in [5, 5.41) is 14.7. The van der Waals surface area contributed by atoms with Crippen LogP contribution in [0.1, 0.15) is 35.3 Å². The van der Waals surface area contributed by atoms with Crippen LogP contribution in [0, 0.1) is 17.6 Å². The van der Waals surface area contributed by atoms with Gasteiger partial charge in [0.2, 0.25) is 0 Å². The number of hydrogen-bond acceptors (Lipinski definition) is 7. The number of benzene rings is 1. The van der Waals surface area contributed by atoms with Gasteiger partial charge in [-0.2, -0.15) is 4.80 Å². The molecule has 1 fully saturated rings. The first kappa shape index (κ1) is 20.2. The molecule has 3 heterocycles. The molecule has 3 aromatic rings. The Labute approximate surface area is 182 Å². The van der Waals surface area contributed by atoms with E-state index >= 15 is 0 Å². The molecular formula is C21H20F2N8O. The molecule has 1 aliphatic heterocycles. The smallest absolute Gasteiger partial charge is 0.266 e. The zero-order chi connectivity index (χ0) is 22.2. The fourth-order valence-corrected chi connectivity index (χ4v) is 3.92. The van der Waals surface area contributed by atoms with Crippen LogP contribution in [-0.4, -0.2) is 49.2 Å². The monoisotopic (exact) mass is 438 g/mol. The predicted octanol–water partition coefficient (Wildman–Crippen LogP) is 2.60. The number of hydrogen-bond donors (Lipinski definition) is 1. The maximum atomic E-state index is 13.8. The second kappa shape index (κ2) is 8.06. The molecule has 1 saturated carbocycles. The second-order valence-electron chi connectivity index (χ2n) is 7.87. The first-order valence-corrected chi connectivity index (χ1v) is 10.3. The predicted molar refractivity (Wildman–Crippen MR) is 112 cm³/mol. The van der Waals surface area contributed by atoms with Crippen LogP contribution in [-0.2, 0) is 7.05 Å². The molecule has 1 aliphatic carbocycles. The van der Waals surface area contributed by atoms with Crippen molar-refractivity contribution >= 4 is 23.2 Å². The molecule has 11 heteroatoms. The fraction of sp³-hybridized carbons (Fsp3) is 0.333. The fourth-order valence-electron chi connectivity index (χ4n) is 3.92. The quantitative estimate of drug-likeness (QED) is 0.653. The molecule has 0 radical (unpaired) electrons. The van der Waals surface area contributed by atoms with Gasteiger partial charge in [0.05, 0.1) is 25.1 Å². The van der Waals surface area contributed by atoms with Crippen LogP contribution in [0.4, 0.5) is 20.5 Å². The maximum Gasteiger partial charge on any atom is 0.266 e. The van der Waals surface area contributed by atoms with Gasteiger partial charge in [0, 0.05) is 13.1 Å². The van der Waals surface area contributed by atoms with Crippen LogP contribution in [0.15, 0.2) is 36.2 Å². The van der Waals surface area contributed by atoms with Crippen LogP contribution >= 0.6 is 0 Å². The summed E-state index contributed by atoms with van der Waals surface area (Å²) < 4.78 is 27.7. The number of rotatable bonds is 5. The molecule has 0 saturated heterocycles. The van der Waals surface area contributed by atoms with E-state index in [4.69, 9.17) is 0 Å². The third-order valence-electron chi connectivity index (χ3n) is 5.63. The van der Waals surface area contributed by atoms with Crippen molar-refractivity contribution in [3.63, 3.8) is 0 Å². The van der Waals surface area contributed by atoms with Crippen molar-refractivity contribution in [2.75, 3.05) is 23.3 Å². The van der Waals surface area contributed by atoms with Crippen LogP contribution in [0.3, 0.4) is 0 Å². The van der Waals surface area contributed by atoms with Gasteiger partial charge in [0.1, 0.15) is 17.2 Å². The van der Waals surface area contributed by atoms with Crippen LogP contribution in [0.2, 0.25) is 0 Å². The lowest BCUT2D eigenvalue weighted by atomic mass is 9.94. The summed E-state index contributed by atoms with van der Waals surface area (Å²) in [6.45, 7) is 1.38. The number of carbonyl (C=O) groups excluding carboxylic acids is 1. The number of nitrogens with one attached hydrogen (secondary N) is 1. The Kier molecular flexibility index (Phi) is 5.08. The van der Waals surface area contributed by atoms with Crippen molar-refractivity contribution in [3.05, 3.63) is 59.1 Å². The zero-order valence-electron chi connectivity index (χ0n) is 17.3. The van der Waals surface area contributed by atoms with E-state index in [0.717, 1.165) is 43.5 Å². The summed E-state index contributed by atoms with van der Waals surface area (Å²) in [5.74, 6) is -1.57. The summed E-state index contributed by atoms with van der Waals surface area (Å²) in [5.41, 5.74) is 2.47. The van der Waals surface area contributed by atoms with E-state index in [1.54, 1.807) is 13.2 Å². The van der Waals surface area contributed by atoms with Crippen molar-refractivity contribution < 1.29 is 13.6 Å². The van der Waals surface area contributed by atoms with Gasteiger partial charge in [-0.05, 0) is 48.1 Å². The van der Waals surface area contributed by atoms with E-state index in [0.29, 0.717) is 24.1 Å². The van der Waals surface area contributed by atoms with Crippen molar-refractivity contribution in [1.29, 1.82) is 0 Å². The van der Waals surface area contributed by atoms with Gasteiger partial charge in [-0.15, -0.1) is 5.10 Å². The highest BCUT2D eigenvalue weighted by atomic mass is 19.1. The van der Waals surface area contributed by atoms with E-state index in [1.807, 2.05) is 4.90 Å². The molecule has 2 aliphatic rings. The highest BCUT2D eigenvalue weighted by molar-refractivity contribution is 6.04. The third kappa shape index (κ3) is 3.93. The normalized spacial score (nSPS) is 16.4. The highest BCUT2D eigenvalue weighted by Gasteiger charge is 2.33. The molecule has 0 spiro atoms. The lowest BCUT2D eigenvalue weighted by Gasteiger charge is -2.29. The third-order valence-corrected chi connectivity index (χ3v) is 5.63. The Balaban J connectivity index is 1.37. The van der Waals surface area contributed by atoms with Gasteiger partial charge >= 0.3 is 0 Å². The average molecular weight is 438 g/mol. The average Bonchev–Trinajstić information content (AvgIpc) is 3.54. The number of carbonyl (C=O) groups is 1. The van der Waals surface area contributed by atoms with Crippen LogP contribution < -0.4 is 10.2 Å². The standard InChI is InChI=1S/C21H20F2N8O/c1-30-28-21(27-29-30)31-8-7-13(12-5-6-12)14(11-31)17-9-25-18(10-24-17)26-20(32)19-15(22)3-2-4-16(19)23/h2-4,9-10,12H,5-8,11H2,1H3,(H,25,26,32). The minimum Gasteiger partial charge on any atom is -0.333 e. The number of tetrazole rings is 1. The van der Waals surface area contributed by atoms with Crippen LogP contribution in [0.25, 0.3) is 5.57 Å². The van der Waals surface area contributed by atoms with Crippen molar-refractivity contribution in [2.45, 2.75) is 19.3 Å². The molecule has 0 unspecified atom stereocenters. The van der Waals surface area contributed by atoms with E-state index < -0.39 is 23.1 Å². The first-order valence-electron chi connectivity index (χ1n) is 10.3. The molecule has 0 bridgehead atoms. The summed E-state index contributed by atoms with van der Waals surface area (Å²) in [7, 11) is 1.72. The molecule has 1 amide bonds. The van der Waals surface area contributed by atoms with Gasteiger partial charge in [0.25, 0.3) is 11.9 Å². The molecular weight excluding hydrogens is 418 g/mol. The summed E-state index contributed by atoms with van der Waals surface area (Å²) in [4.78, 5) is 24.5. The van der Waals surface area contributed by atoms with Gasteiger partial charge in [-0.3, -0.25) is 9.78 Å². The Morgan fingerprint density at radius 2 is 1.94 bits per heavy atom. The molecule has 164 valence electrons. The largest absolute Gasteiger partial charge is 0.333 e. The molecule has 9 nitrogen and oxygen atoms in total. The van der Waals surface area contributed by atoms with E-state index in [-0.39, 0.29) is 5.82 Å². The van der Waals surface area contributed by atoms with Crippen molar-refractivity contribution in [3.8, 4) is 0 Å².